The molecule has 0 aliphatic rings. The maximum Gasteiger partial charge on any atom is 0.324 e. The van der Waals surface area contributed by atoms with Gasteiger partial charge in [0, 0.05) is 6.61 Å². The molecule has 116 valence electrons. The number of nitro groups is 3. The molecule has 0 amide bonds. The van der Waals surface area contributed by atoms with Crippen LogP contribution in [0.15, 0.2) is 12.1 Å². The average Bonchev–Trinajstić information content (AvgIpc) is 2.39. The molecule has 0 radical (unpaired) electrons. The largest absolute Gasteiger partial charge is 0.497 e. The SMILES string of the molecule is NCCCO.O=[N+]([O-])c1cc([N+](=O)[O-])c(O)c([N+](=O)[O-])c1. The van der Waals surface area contributed by atoms with E-state index in [9.17, 15) is 30.3 Å². The van der Waals surface area contributed by atoms with Gasteiger partial charge >= 0.3 is 11.4 Å². The van der Waals surface area contributed by atoms with Crippen molar-refractivity contribution < 1.29 is 25.0 Å². The van der Waals surface area contributed by atoms with E-state index in [1.165, 1.54) is 0 Å². The molecule has 0 atom stereocenters. The fourth-order valence-corrected chi connectivity index (χ4v) is 1.06. The Morgan fingerprint density at radius 3 is 1.62 bits per heavy atom. The molecule has 12 heteroatoms. The van der Waals surface area contributed by atoms with Gasteiger partial charge in [0.25, 0.3) is 11.4 Å². The van der Waals surface area contributed by atoms with Gasteiger partial charge in [0.1, 0.15) is 0 Å². The van der Waals surface area contributed by atoms with Gasteiger partial charge in [0.2, 0.25) is 0 Å². The molecule has 0 aliphatic heterocycles. The smallest absolute Gasteiger partial charge is 0.324 e. The number of phenolic OH excluding ortho intramolecular Hbond substituents is 1. The van der Waals surface area contributed by atoms with Crippen LogP contribution < -0.4 is 5.73 Å². The van der Waals surface area contributed by atoms with Crippen LogP contribution in [0.5, 0.6) is 5.75 Å². The summed E-state index contributed by atoms with van der Waals surface area (Å²) in [5, 5.41) is 48.2. The van der Waals surface area contributed by atoms with Crippen molar-refractivity contribution in [2.75, 3.05) is 13.2 Å². The standard InChI is InChI=1S/C6H3N3O7.C3H9NO/c10-6-4(8(13)14)1-3(7(11)12)2-5(6)9(15)16;4-2-1-3-5/h1-2,10H;5H,1-4H2. The highest BCUT2D eigenvalue weighted by Gasteiger charge is 2.29. The summed E-state index contributed by atoms with van der Waals surface area (Å²) in [5.74, 6) is -1.21. The van der Waals surface area contributed by atoms with Crippen LogP contribution in [0, 0.1) is 30.3 Å². The van der Waals surface area contributed by atoms with Crippen LogP contribution in [0.2, 0.25) is 0 Å². The first-order chi connectivity index (χ1) is 9.76. The van der Waals surface area contributed by atoms with Crippen LogP contribution in [0.25, 0.3) is 0 Å². The van der Waals surface area contributed by atoms with E-state index in [2.05, 4.69) is 0 Å². The van der Waals surface area contributed by atoms with E-state index in [4.69, 9.17) is 15.9 Å². The molecule has 0 fully saturated rings. The van der Waals surface area contributed by atoms with Crippen molar-refractivity contribution >= 4 is 17.1 Å². The zero-order valence-corrected chi connectivity index (χ0v) is 10.5. The monoisotopic (exact) mass is 304 g/mol. The Kier molecular flexibility index (Phi) is 7.20. The molecule has 0 saturated heterocycles. The second kappa shape index (κ2) is 8.34. The van der Waals surface area contributed by atoms with Crippen molar-refractivity contribution in [3.63, 3.8) is 0 Å². The summed E-state index contributed by atoms with van der Waals surface area (Å²) in [4.78, 5) is 27.8. The normalized spacial score (nSPS) is 9.43. The zero-order chi connectivity index (χ0) is 16.6. The predicted molar refractivity (Wildman–Crippen MR) is 68.8 cm³/mol. The van der Waals surface area contributed by atoms with Crippen LogP contribution >= 0.6 is 0 Å². The highest BCUT2D eigenvalue weighted by atomic mass is 16.6. The van der Waals surface area contributed by atoms with Gasteiger partial charge in [0.15, 0.2) is 0 Å². The maximum absolute atomic E-state index is 10.4. The second-order valence-electron chi connectivity index (χ2n) is 3.47. The molecular formula is C9H12N4O8. The summed E-state index contributed by atoms with van der Waals surface area (Å²) >= 11 is 0. The van der Waals surface area contributed by atoms with Crippen LogP contribution in [-0.4, -0.2) is 38.1 Å². The lowest BCUT2D eigenvalue weighted by molar-refractivity contribution is -0.404. The van der Waals surface area contributed by atoms with E-state index >= 15 is 0 Å². The third kappa shape index (κ3) is 5.33. The first-order valence-electron chi connectivity index (χ1n) is 5.37. The van der Waals surface area contributed by atoms with Crippen molar-refractivity contribution in [3.8, 4) is 5.75 Å². The second-order valence-corrected chi connectivity index (χ2v) is 3.47. The number of hydrogen-bond donors (Lipinski definition) is 3. The van der Waals surface area contributed by atoms with Gasteiger partial charge in [-0.3, -0.25) is 30.3 Å². The minimum atomic E-state index is -1.21. The Morgan fingerprint density at radius 1 is 1.00 bits per heavy atom. The van der Waals surface area contributed by atoms with Gasteiger partial charge in [0.05, 0.1) is 26.9 Å². The lowest BCUT2D eigenvalue weighted by Gasteiger charge is -1.97. The third-order valence-electron chi connectivity index (χ3n) is 2.02. The lowest BCUT2D eigenvalue weighted by atomic mass is 10.2. The Bertz CT molecular complexity index is 510. The summed E-state index contributed by atoms with van der Waals surface area (Å²) in [6.45, 7) is 0.812. The number of aliphatic hydroxyl groups excluding tert-OH is 1. The van der Waals surface area contributed by atoms with Crippen molar-refractivity contribution in [3.05, 3.63) is 42.5 Å². The number of aliphatic hydroxyl groups is 1. The minimum absolute atomic E-state index is 0.219. The number of nitro benzene ring substituents is 3. The van der Waals surface area contributed by atoms with Crippen LogP contribution in [0.1, 0.15) is 6.42 Å². The van der Waals surface area contributed by atoms with Gasteiger partial charge in [-0.1, -0.05) is 0 Å². The molecule has 1 rings (SSSR count). The average molecular weight is 304 g/mol. The number of phenols is 1. The maximum atomic E-state index is 10.4. The molecule has 0 unspecified atom stereocenters. The molecule has 12 nitrogen and oxygen atoms in total. The summed E-state index contributed by atoms with van der Waals surface area (Å²) in [6.07, 6.45) is 0.722. The molecule has 0 saturated carbocycles. The van der Waals surface area contributed by atoms with Crippen LogP contribution in [-0.2, 0) is 0 Å². The van der Waals surface area contributed by atoms with E-state index in [1.54, 1.807) is 0 Å². The number of rotatable bonds is 5. The highest BCUT2D eigenvalue weighted by molar-refractivity contribution is 5.64. The fraction of sp³-hybridized carbons (Fsp3) is 0.333. The third-order valence-corrected chi connectivity index (χ3v) is 2.02. The number of aromatic hydroxyl groups is 1. The van der Waals surface area contributed by atoms with E-state index in [0.717, 1.165) is 6.42 Å². The molecule has 1 aromatic rings. The Balaban J connectivity index is 0.000000690. The van der Waals surface area contributed by atoms with Crippen LogP contribution in [0.4, 0.5) is 17.1 Å². The summed E-state index contributed by atoms with van der Waals surface area (Å²) in [7, 11) is 0. The fourth-order valence-electron chi connectivity index (χ4n) is 1.06. The number of hydrogen-bond acceptors (Lipinski definition) is 9. The van der Waals surface area contributed by atoms with Gasteiger partial charge in [-0.25, -0.2) is 0 Å². The summed E-state index contributed by atoms with van der Waals surface area (Å²) in [5.41, 5.74) is 1.98. The van der Waals surface area contributed by atoms with Gasteiger partial charge in [-0.15, -0.1) is 0 Å². The quantitative estimate of drug-likeness (QED) is 0.510. The molecule has 0 aromatic heterocycles. The van der Waals surface area contributed by atoms with Crippen LogP contribution in [0.3, 0.4) is 0 Å². The van der Waals surface area contributed by atoms with Gasteiger partial charge in [-0.05, 0) is 13.0 Å². The molecule has 0 spiro atoms. The predicted octanol–water partition coefficient (Wildman–Crippen LogP) is 0.444. The first kappa shape index (κ1) is 18.1. The minimum Gasteiger partial charge on any atom is -0.497 e. The van der Waals surface area contributed by atoms with E-state index in [0.29, 0.717) is 18.7 Å². The van der Waals surface area contributed by atoms with Crippen molar-refractivity contribution in [2.24, 2.45) is 5.73 Å². The van der Waals surface area contributed by atoms with E-state index < -0.39 is 37.6 Å². The Hall–Kier alpha value is -2.86. The molecule has 21 heavy (non-hydrogen) atoms. The Labute approximate surface area is 116 Å². The number of nitrogens with two attached hydrogens (primary N) is 1. The Morgan fingerprint density at radius 2 is 1.43 bits per heavy atom. The number of benzene rings is 1. The summed E-state index contributed by atoms with van der Waals surface area (Å²) in [6, 6.07) is 0.894. The van der Waals surface area contributed by atoms with E-state index in [-0.39, 0.29) is 6.61 Å². The van der Waals surface area contributed by atoms with Crippen molar-refractivity contribution in [1.82, 2.24) is 0 Å². The topological polar surface area (TPSA) is 196 Å². The lowest BCUT2D eigenvalue weighted by Crippen LogP contribution is -1.99. The highest BCUT2D eigenvalue weighted by Crippen LogP contribution is 2.38. The number of nitrogens with zero attached hydrogens (tertiary/aromatic N) is 3. The molecule has 0 heterocycles. The summed E-state index contributed by atoms with van der Waals surface area (Å²) < 4.78 is 0. The van der Waals surface area contributed by atoms with Crippen molar-refractivity contribution in [2.45, 2.75) is 6.42 Å². The van der Waals surface area contributed by atoms with Gasteiger partial charge in [-0.2, -0.15) is 0 Å². The molecule has 4 N–H and O–H groups in total. The zero-order valence-electron chi connectivity index (χ0n) is 10.5. The molecule has 0 bridgehead atoms. The molecule has 1 aromatic carbocycles. The van der Waals surface area contributed by atoms with Gasteiger partial charge < -0.3 is 15.9 Å². The van der Waals surface area contributed by atoms with E-state index in [1.807, 2.05) is 0 Å². The first-order valence-corrected chi connectivity index (χ1v) is 5.37. The number of non-ortho nitro benzene ring substituents is 1. The molecule has 0 aliphatic carbocycles. The molecular weight excluding hydrogens is 292 g/mol. The van der Waals surface area contributed by atoms with Crippen molar-refractivity contribution in [1.29, 1.82) is 0 Å².